The molecule has 1 aromatic rings. The first-order chi connectivity index (χ1) is 8.13. The second kappa shape index (κ2) is 4.48. The zero-order valence-electron chi connectivity index (χ0n) is 9.44. The highest BCUT2D eigenvalue weighted by Crippen LogP contribution is 2.30. The van der Waals surface area contributed by atoms with Gasteiger partial charge in [0.25, 0.3) is 0 Å². The minimum Gasteiger partial charge on any atom is -0.343 e. The molecule has 0 saturated carbocycles. The Hall–Kier alpha value is -1.98. The van der Waals surface area contributed by atoms with Gasteiger partial charge in [-0.2, -0.15) is 5.26 Å². The predicted octanol–water partition coefficient (Wildman–Crippen LogP) is 3.48. The highest BCUT2D eigenvalue weighted by molar-refractivity contribution is 6.32. The second-order valence-corrected chi connectivity index (χ2v) is 4.17. The van der Waals surface area contributed by atoms with Crippen LogP contribution in [0.5, 0.6) is 0 Å². The molecule has 2 rings (SSSR count). The van der Waals surface area contributed by atoms with Gasteiger partial charge in [0.15, 0.2) is 0 Å². The Morgan fingerprint density at radius 2 is 1.88 bits per heavy atom. The smallest absolute Gasteiger partial charge is 0.0991 e. The average Bonchev–Trinajstić information content (AvgIpc) is 2.36. The van der Waals surface area contributed by atoms with Crippen molar-refractivity contribution >= 4 is 17.3 Å². The summed E-state index contributed by atoms with van der Waals surface area (Å²) in [5, 5.41) is 9.39. The molecule has 84 valence electrons. The van der Waals surface area contributed by atoms with Gasteiger partial charge < -0.3 is 4.90 Å². The Labute approximate surface area is 106 Å². The van der Waals surface area contributed by atoms with Crippen LogP contribution in [-0.2, 0) is 0 Å². The first-order valence-electron chi connectivity index (χ1n) is 5.14. The maximum atomic E-state index is 8.75. The maximum Gasteiger partial charge on any atom is 0.0991 e. The van der Waals surface area contributed by atoms with Gasteiger partial charge in [-0.15, -0.1) is 0 Å². The lowest BCUT2D eigenvalue weighted by atomic mass is 10.1. The molecule has 0 amide bonds. The van der Waals surface area contributed by atoms with Crippen LogP contribution in [-0.4, -0.2) is 11.9 Å². The number of nitriles is 1. The summed E-state index contributed by atoms with van der Waals surface area (Å²) in [4.78, 5) is 1.93. The summed E-state index contributed by atoms with van der Waals surface area (Å²) >= 11 is 5.99. The molecule has 0 bridgehead atoms. The standard InChI is InChI=1S/C14H11ClN2/c1-10-13(15)7-8-14(17(10)2)12-5-3-11(9-16)4-6-12/h3-8H,1H2,2H3. The molecule has 2 nitrogen and oxygen atoms in total. The summed E-state index contributed by atoms with van der Waals surface area (Å²) in [6.07, 6.45) is 3.77. The number of likely N-dealkylation sites (N-methyl/N-ethyl adjacent to an activating group) is 1. The Morgan fingerprint density at radius 1 is 1.24 bits per heavy atom. The summed E-state index contributed by atoms with van der Waals surface area (Å²) in [7, 11) is 1.92. The van der Waals surface area contributed by atoms with E-state index in [-0.39, 0.29) is 0 Å². The molecule has 0 unspecified atom stereocenters. The van der Waals surface area contributed by atoms with E-state index in [9.17, 15) is 0 Å². The molecule has 1 aromatic carbocycles. The van der Waals surface area contributed by atoms with Gasteiger partial charge in [-0.1, -0.05) is 30.3 Å². The van der Waals surface area contributed by atoms with E-state index in [1.807, 2.05) is 36.2 Å². The fourth-order valence-electron chi connectivity index (χ4n) is 1.67. The van der Waals surface area contributed by atoms with Crippen molar-refractivity contribution in [2.24, 2.45) is 0 Å². The van der Waals surface area contributed by atoms with Crippen LogP contribution < -0.4 is 0 Å². The van der Waals surface area contributed by atoms with E-state index in [0.717, 1.165) is 17.0 Å². The van der Waals surface area contributed by atoms with E-state index in [1.54, 1.807) is 12.1 Å². The predicted molar refractivity (Wildman–Crippen MR) is 70.0 cm³/mol. The van der Waals surface area contributed by atoms with E-state index in [1.165, 1.54) is 0 Å². The number of benzene rings is 1. The van der Waals surface area contributed by atoms with Crippen LogP contribution in [0.4, 0.5) is 0 Å². The molecule has 0 aliphatic carbocycles. The lowest BCUT2D eigenvalue weighted by Crippen LogP contribution is -2.18. The van der Waals surface area contributed by atoms with Gasteiger partial charge in [0.2, 0.25) is 0 Å². The van der Waals surface area contributed by atoms with Crippen molar-refractivity contribution in [2.75, 3.05) is 7.05 Å². The monoisotopic (exact) mass is 242 g/mol. The van der Waals surface area contributed by atoms with Crippen molar-refractivity contribution in [3.05, 3.63) is 64.9 Å². The van der Waals surface area contributed by atoms with Gasteiger partial charge >= 0.3 is 0 Å². The number of hydrogen-bond donors (Lipinski definition) is 0. The summed E-state index contributed by atoms with van der Waals surface area (Å²) in [6, 6.07) is 9.53. The summed E-state index contributed by atoms with van der Waals surface area (Å²) in [5.74, 6) is 0. The first-order valence-corrected chi connectivity index (χ1v) is 5.52. The second-order valence-electron chi connectivity index (χ2n) is 3.76. The highest BCUT2D eigenvalue weighted by atomic mass is 35.5. The lowest BCUT2D eigenvalue weighted by molar-refractivity contribution is 0.611. The Morgan fingerprint density at radius 3 is 2.47 bits per heavy atom. The third-order valence-corrected chi connectivity index (χ3v) is 3.08. The molecule has 0 spiro atoms. The van der Waals surface area contributed by atoms with E-state index in [0.29, 0.717) is 10.6 Å². The van der Waals surface area contributed by atoms with Crippen molar-refractivity contribution in [2.45, 2.75) is 0 Å². The van der Waals surface area contributed by atoms with Gasteiger partial charge in [0, 0.05) is 12.7 Å². The third-order valence-electron chi connectivity index (χ3n) is 2.74. The van der Waals surface area contributed by atoms with Crippen molar-refractivity contribution in [1.82, 2.24) is 4.90 Å². The molecule has 1 aliphatic heterocycles. The van der Waals surface area contributed by atoms with Crippen molar-refractivity contribution < 1.29 is 0 Å². The van der Waals surface area contributed by atoms with Crippen LogP contribution in [0.1, 0.15) is 11.1 Å². The number of hydrogen-bond acceptors (Lipinski definition) is 2. The summed E-state index contributed by atoms with van der Waals surface area (Å²) in [6.45, 7) is 3.92. The molecule has 3 heteroatoms. The Balaban J connectivity index is 2.40. The molecule has 0 aromatic heterocycles. The van der Waals surface area contributed by atoms with E-state index < -0.39 is 0 Å². The minimum atomic E-state index is 0.643. The molecule has 0 atom stereocenters. The SMILES string of the molecule is C=C1C(Cl)=CC=C(c2ccc(C#N)cc2)N1C. The molecule has 1 aliphatic rings. The fourth-order valence-corrected chi connectivity index (χ4v) is 1.86. The fraction of sp³-hybridized carbons (Fsp3) is 0.0714. The van der Waals surface area contributed by atoms with Crippen LogP contribution in [0.25, 0.3) is 5.70 Å². The molecule has 17 heavy (non-hydrogen) atoms. The van der Waals surface area contributed by atoms with E-state index in [2.05, 4.69) is 12.6 Å². The number of nitrogens with zero attached hydrogens (tertiary/aromatic N) is 2. The van der Waals surface area contributed by atoms with E-state index in [4.69, 9.17) is 16.9 Å². The van der Waals surface area contributed by atoms with Crippen molar-refractivity contribution in [3.63, 3.8) is 0 Å². The van der Waals surface area contributed by atoms with Gasteiger partial charge in [0.05, 0.1) is 22.4 Å². The van der Waals surface area contributed by atoms with Crippen LogP contribution >= 0.6 is 11.6 Å². The topological polar surface area (TPSA) is 27.0 Å². The van der Waals surface area contributed by atoms with Crippen LogP contribution in [0.15, 0.2) is 53.7 Å². The molecule has 0 N–H and O–H groups in total. The number of halogens is 1. The van der Waals surface area contributed by atoms with Gasteiger partial charge in [-0.3, -0.25) is 0 Å². The maximum absolute atomic E-state index is 8.75. The lowest BCUT2D eigenvalue weighted by Gasteiger charge is -2.27. The number of allylic oxidation sites excluding steroid dienone is 3. The summed E-state index contributed by atoms with van der Waals surface area (Å²) < 4.78 is 0. The summed E-state index contributed by atoms with van der Waals surface area (Å²) in [5.41, 5.74) is 3.48. The van der Waals surface area contributed by atoms with Crippen LogP contribution in [0.3, 0.4) is 0 Å². The molecule has 1 heterocycles. The van der Waals surface area contributed by atoms with Gasteiger partial charge in [-0.05, 0) is 29.8 Å². The first kappa shape index (κ1) is 11.5. The zero-order valence-corrected chi connectivity index (χ0v) is 10.2. The molecule has 0 radical (unpaired) electrons. The Bertz CT molecular complexity index is 559. The Kier molecular flexibility index (Phi) is 3.03. The highest BCUT2D eigenvalue weighted by Gasteiger charge is 2.15. The molecule has 0 fully saturated rings. The van der Waals surface area contributed by atoms with Gasteiger partial charge in [0.1, 0.15) is 0 Å². The zero-order chi connectivity index (χ0) is 12.4. The average molecular weight is 243 g/mol. The van der Waals surface area contributed by atoms with Crippen LogP contribution in [0.2, 0.25) is 0 Å². The molecular formula is C14H11ClN2. The van der Waals surface area contributed by atoms with E-state index >= 15 is 0 Å². The molecule has 0 saturated heterocycles. The van der Waals surface area contributed by atoms with Gasteiger partial charge in [-0.25, -0.2) is 0 Å². The largest absolute Gasteiger partial charge is 0.343 e. The van der Waals surface area contributed by atoms with Crippen LogP contribution in [0, 0.1) is 11.3 Å². The van der Waals surface area contributed by atoms with Crippen molar-refractivity contribution in [1.29, 1.82) is 5.26 Å². The van der Waals surface area contributed by atoms with Crippen molar-refractivity contribution in [3.8, 4) is 6.07 Å². The minimum absolute atomic E-state index is 0.643. The number of rotatable bonds is 1. The quantitative estimate of drug-likeness (QED) is 0.754. The third kappa shape index (κ3) is 2.11. The molecular weight excluding hydrogens is 232 g/mol. The normalized spacial score (nSPS) is 15.1.